The third kappa shape index (κ3) is 4.37. The van der Waals surface area contributed by atoms with Gasteiger partial charge in [-0.25, -0.2) is 4.79 Å². The van der Waals surface area contributed by atoms with Gasteiger partial charge in [0.25, 0.3) is 0 Å². The Kier molecular flexibility index (Phi) is 5.64. The van der Waals surface area contributed by atoms with Gasteiger partial charge < -0.3 is 15.0 Å². The molecule has 1 aromatic carbocycles. The fourth-order valence-corrected chi connectivity index (χ4v) is 2.26. The summed E-state index contributed by atoms with van der Waals surface area (Å²) in [6, 6.07) is 7.07. The number of benzene rings is 1. The van der Waals surface area contributed by atoms with Crippen LogP contribution in [0.1, 0.15) is 0 Å². The fraction of sp³-hybridized carbons (Fsp3) is 0.500. The molecule has 2 amide bonds. The monoisotopic (exact) mass is 297 g/mol. The number of anilines is 1. The van der Waals surface area contributed by atoms with Gasteiger partial charge in [-0.3, -0.25) is 4.90 Å². The minimum Gasteiger partial charge on any atom is -0.383 e. The zero-order valence-electron chi connectivity index (χ0n) is 11.6. The summed E-state index contributed by atoms with van der Waals surface area (Å²) in [5.74, 6) is 0. The van der Waals surface area contributed by atoms with E-state index < -0.39 is 0 Å². The molecule has 1 heterocycles. The first-order valence-electron chi connectivity index (χ1n) is 6.72. The number of urea groups is 1. The van der Waals surface area contributed by atoms with Crippen LogP contribution in [0.25, 0.3) is 0 Å². The van der Waals surface area contributed by atoms with Gasteiger partial charge in [0, 0.05) is 50.5 Å². The molecule has 0 unspecified atom stereocenters. The smallest absolute Gasteiger partial charge is 0.321 e. The van der Waals surface area contributed by atoms with Crippen molar-refractivity contribution in [1.82, 2.24) is 9.80 Å². The van der Waals surface area contributed by atoms with Crippen LogP contribution in [0.4, 0.5) is 10.5 Å². The van der Waals surface area contributed by atoms with Crippen molar-refractivity contribution in [2.24, 2.45) is 0 Å². The maximum absolute atomic E-state index is 12.1. The van der Waals surface area contributed by atoms with Crippen molar-refractivity contribution in [3.05, 3.63) is 29.3 Å². The normalized spacial score (nSPS) is 16.2. The lowest BCUT2D eigenvalue weighted by Crippen LogP contribution is -2.50. The summed E-state index contributed by atoms with van der Waals surface area (Å²) in [4.78, 5) is 16.2. The molecule has 1 aliphatic heterocycles. The van der Waals surface area contributed by atoms with Crippen LogP contribution in [-0.2, 0) is 4.74 Å². The van der Waals surface area contributed by atoms with E-state index in [1.165, 1.54) is 0 Å². The average Bonchev–Trinajstić information content (AvgIpc) is 2.48. The number of rotatable bonds is 4. The Bertz CT molecular complexity index is 431. The number of methoxy groups -OCH3 is 1. The molecule has 0 radical (unpaired) electrons. The number of nitrogens with zero attached hydrogens (tertiary/aromatic N) is 2. The second-order valence-corrected chi connectivity index (χ2v) is 5.19. The molecule has 1 fully saturated rings. The first kappa shape index (κ1) is 15.1. The van der Waals surface area contributed by atoms with Gasteiger partial charge in [-0.2, -0.15) is 0 Å². The summed E-state index contributed by atoms with van der Waals surface area (Å²) in [5, 5.41) is 3.54. The highest BCUT2D eigenvalue weighted by atomic mass is 35.5. The van der Waals surface area contributed by atoms with Gasteiger partial charge in [0.2, 0.25) is 0 Å². The Morgan fingerprint density at radius 1 is 1.25 bits per heavy atom. The number of piperazine rings is 1. The molecule has 0 aliphatic carbocycles. The fourth-order valence-electron chi connectivity index (χ4n) is 2.13. The zero-order valence-corrected chi connectivity index (χ0v) is 12.4. The molecular formula is C14H20ClN3O2. The Balaban J connectivity index is 1.78. The van der Waals surface area contributed by atoms with Crippen LogP contribution in [0.15, 0.2) is 24.3 Å². The van der Waals surface area contributed by atoms with Crippen molar-refractivity contribution in [3.8, 4) is 0 Å². The topological polar surface area (TPSA) is 44.8 Å². The van der Waals surface area contributed by atoms with E-state index in [1.807, 2.05) is 4.90 Å². The largest absolute Gasteiger partial charge is 0.383 e. The molecule has 0 saturated carbocycles. The van der Waals surface area contributed by atoms with Crippen LogP contribution in [0.3, 0.4) is 0 Å². The van der Waals surface area contributed by atoms with Crippen molar-refractivity contribution in [3.63, 3.8) is 0 Å². The quantitative estimate of drug-likeness (QED) is 0.926. The van der Waals surface area contributed by atoms with Crippen molar-refractivity contribution in [2.75, 3.05) is 51.8 Å². The minimum absolute atomic E-state index is 0.0567. The lowest BCUT2D eigenvalue weighted by atomic mass is 10.3. The molecule has 1 N–H and O–H groups in total. The van der Waals surface area contributed by atoms with E-state index in [1.54, 1.807) is 31.4 Å². The number of nitrogens with one attached hydrogen (secondary N) is 1. The molecular weight excluding hydrogens is 278 g/mol. The number of carbonyl (C=O) groups is 1. The Morgan fingerprint density at radius 2 is 1.90 bits per heavy atom. The van der Waals surface area contributed by atoms with Crippen LogP contribution in [0.5, 0.6) is 0 Å². The highest BCUT2D eigenvalue weighted by Gasteiger charge is 2.20. The lowest BCUT2D eigenvalue weighted by Gasteiger charge is -2.34. The van der Waals surface area contributed by atoms with Gasteiger partial charge in [0.05, 0.1) is 6.61 Å². The molecule has 5 nitrogen and oxygen atoms in total. The first-order valence-corrected chi connectivity index (χ1v) is 7.09. The Labute approximate surface area is 124 Å². The van der Waals surface area contributed by atoms with E-state index in [-0.39, 0.29) is 6.03 Å². The van der Waals surface area contributed by atoms with Crippen molar-refractivity contribution in [2.45, 2.75) is 0 Å². The molecule has 0 bridgehead atoms. The summed E-state index contributed by atoms with van der Waals surface area (Å²) in [6.45, 7) is 4.90. The Hall–Kier alpha value is -1.30. The SMILES string of the molecule is COCCN1CCN(C(=O)Nc2ccc(Cl)cc2)CC1. The van der Waals surface area contributed by atoms with E-state index in [9.17, 15) is 4.79 Å². The van der Waals surface area contributed by atoms with Gasteiger partial charge in [-0.1, -0.05) is 11.6 Å². The summed E-state index contributed by atoms with van der Waals surface area (Å²) in [6.07, 6.45) is 0. The van der Waals surface area contributed by atoms with E-state index in [4.69, 9.17) is 16.3 Å². The molecule has 0 atom stereocenters. The van der Waals surface area contributed by atoms with Crippen molar-refractivity contribution in [1.29, 1.82) is 0 Å². The third-order valence-electron chi connectivity index (χ3n) is 3.37. The van der Waals surface area contributed by atoms with Gasteiger partial charge in [0.1, 0.15) is 0 Å². The highest BCUT2D eigenvalue weighted by molar-refractivity contribution is 6.30. The number of hydrogen-bond donors (Lipinski definition) is 1. The van der Waals surface area contributed by atoms with Crippen LogP contribution in [-0.4, -0.2) is 62.3 Å². The lowest BCUT2D eigenvalue weighted by molar-refractivity contribution is 0.109. The molecule has 1 aromatic rings. The Morgan fingerprint density at radius 3 is 2.50 bits per heavy atom. The molecule has 6 heteroatoms. The van der Waals surface area contributed by atoms with Crippen LogP contribution in [0.2, 0.25) is 5.02 Å². The molecule has 0 spiro atoms. The number of carbonyl (C=O) groups excluding carboxylic acids is 1. The van der Waals surface area contributed by atoms with Gasteiger partial charge in [-0.15, -0.1) is 0 Å². The number of ether oxygens (including phenoxy) is 1. The average molecular weight is 298 g/mol. The number of amides is 2. The van der Waals surface area contributed by atoms with E-state index in [2.05, 4.69) is 10.2 Å². The molecule has 110 valence electrons. The van der Waals surface area contributed by atoms with Crippen LogP contribution >= 0.6 is 11.6 Å². The molecule has 20 heavy (non-hydrogen) atoms. The summed E-state index contributed by atoms with van der Waals surface area (Å²) in [7, 11) is 1.70. The predicted octanol–water partition coefficient (Wildman–Crippen LogP) is 2.14. The van der Waals surface area contributed by atoms with Crippen LogP contribution in [0, 0.1) is 0 Å². The van der Waals surface area contributed by atoms with E-state index >= 15 is 0 Å². The zero-order chi connectivity index (χ0) is 14.4. The van der Waals surface area contributed by atoms with Crippen LogP contribution < -0.4 is 5.32 Å². The third-order valence-corrected chi connectivity index (χ3v) is 3.62. The maximum Gasteiger partial charge on any atom is 0.321 e. The van der Waals surface area contributed by atoms with E-state index in [0.717, 1.165) is 45.0 Å². The van der Waals surface area contributed by atoms with Gasteiger partial charge >= 0.3 is 6.03 Å². The highest BCUT2D eigenvalue weighted by Crippen LogP contribution is 2.14. The molecule has 2 rings (SSSR count). The van der Waals surface area contributed by atoms with Crippen molar-refractivity contribution < 1.29 is 9.53 Å². The van der Waals surface area contributed by atoms with E-state index in [0.29, 0.717) is 5.02 Å². The number of halogens is 1. The summed E-state index contributed by atoms with van der Waals surface area (Å²) >= 11 is 5.82. The molecule has 1 saturated heterocycles. The second-order valence-electron chi connectivity index (χ2n) is 4.76. The summed E-state index contributed by atoms with van der Waals surface area (Å²) in [5.41, 5.74) is 0.765. The first-order chi connectivity index (χ1) is 9.69. The predicted molar refractivity (Wildman–Crippen MR) is 80.4 cm³/mol. The second kappa shape index (κ2) is 7.47. The molecule has 1 aliphatic rings. The van der Waals surface area contributed by atoms with Gasteiger partial charge in [-0.05, 0) is 24.3 Å². The maximum atomic E-state index is 12.1. The minimum atomic E-state index is -0.0567. The van der Waals surface area contributed by atoms with Crippen molar-refractivity contribution >= 4 is 23.3 Å². The number of hydrogen-bond acceptors (Lipinski definition) is 3. The standard InChI is InChI=1S/C14H20ClN3O2/c1-20-11-10-17-6-8-18(9-7-17)14(19)16-13-4-2-12(15)3-5-13/h2-5H,6-11H2,1H3,(H,16,19). The molecule has 0 aromatic heterocycles. The summed E-state index contributed by atoms with van der Waals surface area (Å²) < 4.78 is 5.06. The van der Waals surface area contributed by atoms with Gasteiger partial charge in [0.15, 0.2) is 0 Å².